The Morgan fingerprint density at radius 1 is 1.79 bits per heavy atom. The maximum atomic E-state index is 11.6. The number of allylic oxidation sites excluding steroid dienone is 1. The Hall–Kier alpha value is -0.0700. The Morgan fingerprint density at radius 3 is 3.00 bits per heavy atom. The second-order valence-electron chi connectivity index (χ2n) is 2.74. The van der Waals surface area contributed by atoms with E-state index in [9.17, 15) is 4.79 Å². The molecule has 0 spiro atoms. The predicted molar refractivity (Wildman–Crippen MR) is 65.8 cm³/mol. The monoisotopic (exact) mass is 344 g/mol. The first kappa shape index (κ1) is 12.0. The first-order valence-corrected chi connectivity index (χ1v) is 5.62. The van der Waals surface area contributed by atoms with Gasteiger partial charge in [0.1, 0.15) is 8.72 Å². The topological polar surface area (TPSA) is 34.9 Å². The van der Waals surface area contributed by atoms with Crippen molar-refractivity contribution in [3.8, 4) is 0 Å². The number of hydrogen-bond donors (Lipinski definition) is 0. The van der Waals surface area contributed by atoms with Crippen LogP contribution in [0.5, 0.6) is 0 Å². The fourth-order valence-corrected chi connectivity index (χ4v) is 1.50. The van der Waals surface area contributed by atoms with Crippen LogP contribution in [0.25, 0.3) is 0 Å². The molecule has 0 N–H and O–H groups in total. The Balaban J connectivity index is 3.13. The van der Waals surface area contributed by atoms with Gasteiger partial charge in [0.2, 0.25) is 0 Å². The lowest BCUT2D eigenvalue weighted by Gasteiger charge is -2.05. The van der Waals surface area contributed by atoms with Crippen LogP contribution in [-0.2, 0) is 6.54 Å². The Kier molecular flexibility index (Phi) is 4.40. The molecular weight excluding hydrogens is 338 g/mol. The summed E-state index contributed by atoms with van der Waals surface area (Å²) in [5.74, 6) is 0. The lowest BCUT2D eigenvalue weighted by Crippen LogP contribution is -2.23. The number of nitrogens with zero attached hydrogens (tertiary/aromatic N) is 2. The number of halogens is 3. The van der Waals surface area contributed by atoms with Crippen LogP contribution >= 0.6 is 45.8 Å². The molecule has 0 amide bonds. The third-order valence-electron chi connectivity index (χ3n) is 1.55. The van der Waals surface area contributed by atoms with E-state index < -0.39 is 0 Å². The van der Waals surface area contributed by atoms with Crippen molar-refractivity contribution in [3.05, 3.63) is 36.5 Å². The van der Waals surface area contributed by atoms with Crippen LogP contribution in [0, 0.1) is 3.57 Å². The van der Waals surface area contributed by atoms with Crippen molar-refractivity contribution in [3.63, 3.8) is 0 Å². The van der Waals surface area contributed by atoms with Gasteiger partial charge >= 0.3 is 0 Å². The summed E-state index contributed by atoms with van der Waals surface area (Å²) in [5, 5.41) is 0.236. The third kappa shape index (κ3) is 2.71. The highest BCUT2D eigenvalue weighted by Crippen LogP contribution is 2.10. The SMILES string of the molecule is CC(=CCl)Cn1cnc(Cl)c(I)c1=O. The molecule has 0 aliphatic rings. The summed E-state index contributed by atoms with van der Waals surface area (Å²) in [4.78, 5) is 15.5. The molecule has 76 valence electrons. The quantitative estimate of drug-likeness (QED) is 0.610. The van der Waals surface area contributed by atoms with E-state index in [2.05, 4.69) is 4.98 Å². The minimum absolute atomic E-state index is 0.150. The van der Waals surface area contributed by atoms with Crippen LogP contribution in [0.1, 0.15) is 6.92 Å². The van der Waals surface area contributed by atoms with E-state index >= 15 is 0 Å². The molecule has 0 bridgehead atoms. The maximum absolute atomic E-state index is 11.6. The molecular formula is C8H7Cl2IN2O. The highest BCUT2D eigenvalue weighted by atomic mass is 127. The van der Waals surface area contributed by atoms with Crippen molar-refractivity contribution < 1.29 is 0 Å². The van der Waals surface area contributed by atoms with Gasteiger partial charge in [0.15, 0.2) is 0 Å². The van der Waals surface area contributed by atoms with E-state index in [1.165, 1.54) is 16.4 Å². The molecule has 1 heterocycles. The molecule has 1 rings (SSSR count). The average Bonchev–Trinajstić information content (AvgIpc) is 2.19. The van der Waals surface area contributed by atoms with Gasteiger partial charge in [0.05, 0.1) is 6.33 Å². The van der Waals surface area contributed by atoms with Crippen molar-refractivity contribution in [1.82, 2.24) is 9.55 Å². The molecule has 6 heteroatoms. The summed E-state index contributed by atoms with van der Waals surface area (Å²) in [7, 11) is 0. The molecule has 1 aromatic heterocycles. The first-order chi connectivity index (χ1) is 6.56. The largest absolute Gasteiger partial charge is 0.294 e. The normalized spacial score (nSPS) is 11.9. The van der Waals surface area contributed by atoms with Crippen LogP contribution in [-0.4, -0.2) is 9.55 Å². The minimum atomic E-state index is -0.150. The van der Waals surface area contributed by atoms with Crippen LogP contribution in [0.2, 0.25) is 5.15 Å². The van der Waals surface area contributed by atoms with Gasteiger partial charge in [-0.05, 0) is 35.1 Å². The molecule has 0 aliphatic heterocycles. The highest BCUT2D eigenvalue weighted by Gasteiger charge is 2.06. The second kappa shape index (κ2) is 5.14. The van der Waals surface area contributed by atoms with Gasteiger partial charge in [-0.1, -0.05) is 23.2 Å². The van der Waals surface area contributed by atoms with Crippen molar-refractivity contribution in [1.29, 1.82) is 0 Å². The number of hydrogen-bond acceptors (Lipinski definition) is 2. The molecule has 3 nitrogen and oxygen atoms in total. The molecule has 0 radical (unpaired) electrons. The van der Waals surface area contributed by atoms with Crippen molar-refractivity contribution in [2.75, 3.05) is 0 Å². The van der Waals surface area contributed by atoms with Crippen LogP contribution in [0.15, 0.2) is 22.2 Å². The summed E-state index contributed by atoms with van der Waals surface area (Å²) in [6, 6.07) is 0. The van der Waals surface area contributed by atoms with E-state index in [0.717, 1.165) is 5.57 Å². The summed E-state index contributed by atoms with van der Waals surface area (Å²) in [6.45, 7) is 2.27. The van der Waals surface area contributed by atoms with E-state index in [4.69, 9.17) is 23.2 Å². The molecule has 0 fully saturated rings. The lowest BCUT2D eigenvalue weighted by molar-refractivity contribution is 0.720. The van der Waals surface area contributed by atoms with Gasteiger partial charge in [-0.3, -0.25) is 9.36 Å². The molecule has 0 unspecified atom stereocenters. The summed E-state index contributed by atoms with van der Waals surface area (Å²) >= 11 is 13.1. The molecule has 0 saturated heterocycles. The van der Waals surface area contributed by atoms with Gasteiger partial charge in [-0.15, -0.1) is 0 Å². The standard InChI is InChI=1S/C8H7Cl2IN2O/c1-5(2-9)3-13-4-12-7(10)6(11)8(13)14/h2,4H,3H2,1H3. The zero-order chi connectivity index (χ0) is 10.7. The number of aromatic nitrogens is 2. The minimum Gasteiger partial charge on any atom is -0.294 e. The van der Waals surface area contributed by atoms with E-state index in [0.29, 0.717) is 10.1 Å². The van der Waals surface area contributed by atoms with E-state index in [1.807, 2.05) is 29.5 Å². The Morgan fingerprint density at radius 2 is 2.43 bits per heavy atom. The summed E-state index contributed by atoms with van der Waals surface area (Å²) in [5.41, 5.74) is 2.17. The first-order valence-electron chi connectivity index (χ1n) is 3.72. The molecule has 0 atom stereocenters. The number of rotatable bonds is 2. The summed E-state index contributed by atoms with van der Waals surface area (Å²) in [6.07, 6.45) is 1.41. The third-order valence-corrected chi connectivity index (χ3v) is 3.50. The van der Waals surface area contributed by atoms with Gasteiger partial charge < -0.3 is 0 Å². The molecule has 0 saturated carbocycles. The van der Waals surface area contributed by atoms with E-state index in [-0.39, 0.29) is 10.7 Å². The fourth-order valence-electron chi connectivity index (χ4n) is 0.860. The smallest absolute Gasteiger partial charge is 0.268 e. The Labute approximate surface area is 105 Å². The summed E-state index contributed by atoms with van der Waals surface area (Å²) < 4.78 is 1.89. The molecule has 1 aromatic rings. The predicted octanol–water partition coefficient (Wildman–Crippen LogP) is 2.64. The zero-order valence-corrected chi connectivity index (χ0v) is 11.0. The average molecular weight is 345 g/mol. The highest BCUT2D eigenvalue weighted by molar-refractivity contribution is 14.1. The Bertz CT molecular complexity index is 428. The lowest BCUT2D eigenvalue weighted by atomic mass is 10.3. The molecule has 0 aliphatic carbocycles. The maximum Gasteiger partial charge on any atom is 0.268 e. The van der Waals surface area contributed by atoms with Crippen LogP contribution < -0.4 is 5.56 Å². The van der Waals surface area contributed by atoms with Gasteiger partial charge in [0, 0.05) is 12.1 Å². The van der Waals surface area contributed by atoms with Crippen molar-refractivity contribution in [2.24, 2.45) is 0 Å². The van der Waals surface area contributed by atoms with Gasteiger partial charge in [0.25, 0.3) is 5.56 Å². The molecule has 14 heavy (non-hydrogen) atoms. The van der Waals surface area contributed by atoms with Crippen molar-refractivity contribution >= 4 is 45.8 Å². The van der Waals surface area contributed by atoms with Crippen molar-refractivity contribution in [2.45, 2.75) is 13.5 Å². The van der Waals surface area contributed by atoms with E-state index in [1.54, 1.807) is 0 Å². The van der Waals surface area contributed by atoms with Gasteiger partial charge in [-0.25, -0.2) is 4.98 Å². The second-order valence-corrected chi connectivity index (χ2v) is 4.39. The fraction of sp³-hybridized carbons (Fsp3) is 0.250. The van der Waals surface area contributed by atoms with Gasteiger partial charge in [-0.2, -0.15) is 0 Å². The van der Waals surface area contributed by atoms with Crippen LogP contribution in [0.4, 0.5) is 0 Å². The van der Waals surface area contributed by atoms with Crippen LogP contribution in [0.3, 0.4) is 0 Å². The molecule has 0 aromatic carbocycles. The zero-order valence-electron chi connectivity index (χ0n) is 7.30.